The number of benzene rings is 2. The van der Waals surface area contributed by atoms with Gasteiger partial charge in [-0.2, -0.15) is 0 Å². The minimum atomic E-state index is -1.14. The highest BCUT2D eigenvalue weighted by Crippen LogP contribution is 2.30. The first-order valence-electron chi connectivity index (χ1n) is 14.4. The maximum atomic E-state index is 15.3. The van der Waals surface area contributed by atoms with Crippen LogP contribution in [0.15, 0.2) is 46.0 Å². The molecule has 4 amide bonds. The number of aromatic nitrogens is 2. The lowest BCUT2D eigenvalue weighted by Gasteiger charge is -2.33. The van der Waals surface area contributed by atoms with Gasteiger partial charge in [-0.1, -0.05) is 12.1 Å². The number of nitrogens with zero attached hydrogens (tertiary/aromatic N) is 3. The number of amides is 4. The Kier molecular flexibility index (Phi) is 8.51. The van der Waals surface area contributed by atoms with Crippen LogP contribution in [-0.2, 0) is 13.1 Å². The average Bonchev–Trinajstić information content (AvgIpc) is 3.79. The molecule has 228 valence electrons. The van der Waals surface area contributed by atoms with Gasteiger partial charge in [-0.3, -0.25) is 18.7 Å². The van der Waals surface area contributed by atoms with E-state index in [2.05, 4.69) is 16.0 Å². The van der Waals surface area contributed by atoms with Crippen LogP contribution in [0.3, 0.4) is 0 Å². The van der Waals surface area contributed by atoms with Gasteiger partial charge >= 0.3 is 17.8 Å². The maximum Gasteiger partial charge on any atom is 0.404 e. The Hall–Kier alpha value is -4.68. The van der Waals surface area contributed by atoms with Crippen LogP contribution >= 0.6 is 0 Å². The summed E-state index contributed by atoms with van der Waals surface area (Å²) in [6.07, 6.45) is 2.03. The van der Waals surface area contributed by atoms with Crippen LogP contribution in [0, 0.1) is 11.7 Å². The molecule has 12 nitrogen and oxygen atoms in total. The van der Waals surface area contributed by atoms with E-state index in [-0.39, 0.29) is 53.6 Å². The molecule has 0 bridgehead atoms. The predicted octanol–water partition coefficient (Wildman–Crippen LogP) is 3.49. The van der Waals surface area contributed by atoms with Crippen LogP contribution in [-0.4, -0.2) is 56.3 Å². The second-order valence-corrected chi connectivity index (χ2v) is 11.5. The number of piperidine rings is 1. The fraction of sp³-hybridized carbons (Fsp3) is 0.433. The van der Waals surface area contributed by atoms with Crippen LogP contribution < -0.4 is 27.2 Å². The summed E-state index contributed by atoms with van der Waals surface area (Å²) in [6, 6.07) is 7.72. The number of carboxylic acid groups (broad SMARTS) is 1. The number of hydrogen-bond donors (Lipinski definition) is 4. The Bertz CT molecular complexity index is 1680. The number of carbonyl (C=O) groups is 3. The standard InChI is InChI=1S/C30H35FN6O6/c1-17(2)37-25-13-23(31)24(12-22(25)27(39)36(30(37)43)15-19-5-6-19)34-28(40)35-11-3-4-21(16-35)33-26(38)20-9-7-18(8-10-20)14-32-29(41)42/h7-10,12-13,17,19,21,32H,3-6,11,14-16H2,1-2H3,(H,33,38)(H,34,40)(H,41,42)/t21-/m1/s1. The molecular weight excluding hydrogens is 559 g/mol. The largest absolute Gasteiger partial charge is 0.465 e. The lowest BCUT2D eigenvalue weighted by molar-refractivity contribution is 0.0913. The summed E-state index contributed by atoms with van der Waals surface area (Å²) in [4.78, 5) is 64.6. The highest BCUT2D eigenvalue weighted by atomic mass is 19.1. The number of urea groups is 1. The lowest BCUT2D eigenvalue weighted by atomic mass is 10.0. The molecule has 1 saturated heterocycles. The Morgan fingerprint density at radius 3 is 2.44 bits per heavy atom. The van der Waals surface area contributed by atoms with Crippen molar-refractivity contribution in [2.45, 2.75) is 64.7 Å². The fourth-order valence-electron chi connectivity index (χ4n) is 5.41. The van der Waals surface area contributed by atoms with E-state index in [0.29, 0.717) is 37.1 Å². The van der Waals surface area contributed by atoms with Gasteiger partial charge in [-0.25, -0.2) is 18.8 Å². The molecule has 2 heterocycles. The molecule has 0 unspecified atom stereocenters. The number of likely N-dealkylation sites (tertiary alicyclic amines) is 1. The predicted molar refractivity (Wildman–Crippen MR) is 158 cm³/mol. The number of fused-ring (bicyclic) bond motifs is 1. The third-order valence-electron chi connectivity index (χ3n) is 7.86. The van der Waals surface area contributed by atoms with E-state index in [0.717, 1.165) is 18.9 Å². The maximum absolute atomic E-state index is 15.3. The van der Waals surface area contributed by atoms with Gasteiger partial charge in [0.1, 0.15) is 5.82 Å². The van der Waals surface area contributed by atoms with Crippen molar-refractivity contribution in [1.29, 1.82) is 0 Å². The second-order valence-electron chi connectivity index (χ2n) is 11.5. The molecule has 3 aromatic rings. The summed E-state index contributed by atoms with van der Waals surface area (Å²) >= 11 is 0. The van der Waals surface area contributed by atoms with E-state index in [1.165, 1.54) is 20.1 Å². The van der Waals surface area contributed by atoms with E-state index in [9.17, 15) is 24.0 Å². The Morgan fingerprint density at radius 2 is 1.79 bits per heavy atom. The van der Waals surface area contributed by atoms with Gasteiger partial charge in [0.15, 0.2) is 0 Å². The summed E-state index contributed by atoms with van der Waals surface area (Å²) in [5.41, 5.74) is 0.139. The van der Waals surface area contributed by atoms with Gasteiger partial charge in [-0.15, -0.1) is 0 Å². The van der Waals surface area contributed by atoms with Crippen LogP contribution in [0.25, 0.3) is 10.9 Å². The van der Waals surface area contributed by atoms with Gasteiger partial charge in [0.2, 0.25) is 0 Å². The molecule has 2 aliphatic rings. The van der Waals surface area contributed by atoms with Gasteiger partial charge in [0.05, 0.1) is 16.6 Å². The van der Waals surface area contributed by atoms with E-state index < -0.39 is 29.2 Å². The zero-order valence-electron chi connectivity index (χ0n) is 24.1. The van der Waals surface area contributed by atoms with Crippen LogP contribution in [0.4, 0.5) is 19.7 Å². The highest BCUT2D eigenvalue weighted by Gasteiger charge is 2.28. The molecule has 0 radical (unpaired) electrons. The number of rotatable bonds is 8. The lowest BCUT2D eigenvalue weighted by Crippen LogP contribution is -2.50. The summed E-state index contributed by atoms with van der Waals surface area (Å²) < 4.78 is 17.9. The van der Waals surface area contributed by atoms with Gasteiger partial charge in [0.25, 0.3) is 11.5 Å². The summed E-state index contributed by atoms with van der Waals surface area (Å²) in [5, 5.41) is 16.7. The Morgan fingerprint density at radius 1 is 1.07 bits per heavy atom. The first kappa shape index (κ1) is 29.8. The number of nitrogens with one attached hydrogen (secondary N) is 3. The Balaban J connectivity index is 1.29. The number of anilines is 1. The number of halogens is 1. The Labute approximate surface area is 246 Å². The molecule has 1 aromatic heterocycles. The van der Waals surface area contributed by atoms with Crippen molar-refractivity contribution in [3.63, 3.8) is 0 Å². The number of carbonyl (C=O) groups excluding carboxylic acids is 2. The second kappa shape index (κ2) is 12.3. The van der Waals surface area contributed by atoms with Crippen LogP contribution in [0.5, 0.6) is 0 Å². The van der Waals surface area contributed by atoms with E-state index >= 15 is 4.39 Å². The topological polar surface area (TPSA) is 155 Å². The molecule has 0 spiro atoms. The average molecular weight is 595 g/mol. The van der Waals surface area contributed by atoms with E-state index in [1.807, 2.05) is 0 Å². The van der Waals surface area contributed by atoms with Crippen molar-refractivity contribution in [1.82, 2.24) is 24.7 Å². The molecule has 1 atom stereocenters. The van der Waals surface area contributed by atoms with Crippen molar-refractivity contribution in [2.24, 2.45) is 5.92 Å². The third-order valence-corrected chi connectivity index (χ3v) is 7.86. The van der Waals surface area contributed by atoms with Gasteiger partial charge < -0.3 is 26.0 Å². The summed E-state index contributed by atoms with van der Waals surface area (Å²) in [5.74, 6) is -0.821. The van der Waals surface area contributed by atoms with Crippen LogP contribution in [0.1, 0.15) is 61.5 Å². The van der Waals surface area contributed by atoms with Crippen molar-refractivity contribution in [3.05, 3.63) is 74.2 Å². The number of hydrogen-bond acceptors (Lipinski definition) is 5. The molecule has 5 rings (SSSR count). The zero-order valence-corrected chi connectivity index (χ0v) is 24.1. The molecule has 1 aliphatic heterocycles. The first-order valence-corrected chi connectivity index (χ1v) is 14.4. The molecular formula is C30H35FN6O6. The molecule has 13 heteroatoms. The van der Waals surface area contributed by atoms with E-state index in [1.54, 1.807) is 38.1 Å². The minimum Gasteiger partial charge on any atom is -0.465 e. The smallest absolute Gasteiger partial charge is 0.404 e. The zero-order chi connectivity index (χ0) is 30.8. The van der Waals surface area contributed by atoms with Crippen molar-refractivity contribution >= 4 is 34.6 Å². The van der Waals surface area contributed by atoms with Crippen LogP contribution in [0.2, 0.25) is 0 Å². The van der Waals surface area contributed by atoms with Crippen molar-refractivity contribution in [3.8, 4) is 0 Å². The summed E-state index contributed by atoms with van der Waals surface area (Å²) in [7, 11) is 0. The fourth-order valence-corrected chi connectivity index (χ4v) is 5.41. The highest BCUT2D eigenvalue weighted by molar-refractivity contribution is 5.95. The van der Waals surface area contributed by atoms with Crippen molar-refractivity contribution < 1.29 is 23.9 Å². The van der Waals surface area contributed by atoms with E-state index in [4.69, 9.17) is 5.11 Å². The normalized spacial score (nSPS) is 16.7. The summed E-state index contributed by atoms with van der Waals surface area (Å²) in [6.45, 7) is 4.62. The monoisotopic (exact) mass is 594 g/mol. The molecule has 1 aliphatic carbocycles. The molecule has 2 aromatic carbocycles. The SMILES string of the molecule is CC(C)n1c(=O)n(CC2CC2)c(=O)c2cc(NC(=O)N3CCC[C@@H](NC(=O)c4ccc(CNC(=O)O)cc4)C3)c(F)cc21. The molecule has 1 saturated carbocycles. The van der Waals surface area contributed by atoms with Crippen molar-refractivity contribution in [2.75, 3.05) is 18.4 Å². The van der Waals surface area contributed by atoms with Gasteiger partial charge in [-0.05, 0) is 69.2 Å². The minimum absolute atomic E-state index is 0.121. The molecule has 4 N–H and O–H groups in total. The third kappa shape index (κ3) is 6.71. The molecule has 2 fully saturated rings. The molecule has 43 heavy (non-hydrogen) atoms. The quantitative estimate of drug-likeness (QED) is 0.313. The van der Waals surface area contributed by atoms with Gasteiger partial charge in [0, 0.05) is 49.9 Å². The first-order chi connectivity index (χ1) is 20.5.